The lowest BCUT2D eigenvalue weighted by Crippen LogP contribution is -2.29. The Morgan fingerprint density at radius 1 is 1.35 bits per heavy atom. The summed E-state index contributed by atoms with van der Waals surface area (Å²) in [7, 11) is 0. The van der Waals surface area contributed by atoms with E-state index >= 15 is 0 Å². The van der Waals surface area contributed by atoms with E-state index in [1.807, 2.05) is 32.9 Å². The van der Waals surface area contributed by atoms with Gasteiger partial charge in [-0.3, -0.25) is 0 Å². The molecule has 0 aromatic carbocycles. The number of nitrogens with zero attached hydrogens (tertiary/aromatic N) is 2. The van der Waals surface area contributed by atoms with Crippen LogP contribution in [0, 0.1) is 0 Å². The number of hydrogen-bond acceptors (Lipinski definition) is 4. The number of imidazole rings is 1. The number of aromatic amines is 1. The fraction of sp³-hybridized carbons (Fsp3) is 0.500. The summed E-state index contributed by atoms with van der Waals surface area (Å²) in [6.07, 6.45) is 0. The van der Waals surface area contributed by atoms with Crippen LogP contribution in [0.25, 0.3) is 11.2 Å². The molecule has 5 heteroatoms. The highest BCUT2D eigenvalue weighted by Crippen LogP contribution is 2.22. The summed E-state index contributed by atoms with van der Waals surface area (Å²) in [5.74, 6) is 1.46. The predicted octanol–water partition coefficient (Wildman–Crippen LogP) is 1.59. The monoisotopic (exact) mass is 234 g/mol. The quantitative estimate of drug-likeness (QED) is 0.842. The van der Waals surface area contributed by atoms with Crippen molar-refractivity contribution >= 4 is 11.2 Å². The molecule has 0 unspecified atom stereocenters. The topological polar surface area (TPSA) is 76.8 Å². The lowest BCUT2D eigenvalue weighted by atomic mass is 9.93. The molecular formula is C12H18N4O. The predicted molar refractivity (Wildman–Crippen MR) is 67.1 cm³/mol. The van der Waals surface area contributed by atoms with Crippen LogP contribution >= 0.6 is 0 Å². The van der Waals surface area contributed by atoms with Gasteiger partial charge < -0.3 is 15.5 Å². The first-order chi connectivity index (χ1) is 8.06. The average molecular weight is 234 g/mol. The third-order valence-electron chi connectivity index (χ3n) is 2.76. The van der Waals surface area contributed by atoms with Crippen LogP contribution in [0.3, 0.4) is 0 Å². The number of aromatic nitrogens is 3. The fourth-order valence-corrected chi connectivity index (χ4v) is 1.52. The summed E-state index contributed by atoms with van der Waals surface area (Å²) in [5.41, 5.74) is 7.14. The van der Waals surface area contributed by atoms with Gasteiger partial charge in [0.25, 0.3) is 0 Å². The van der Waals surface area contributed by atoms with E-state index in [-0.39, 0.29) is 5.41 Å². The van der Waals surface area contributed by atoms with Gasteiger partial charge in [0, 0.05) is 18.0 Å². The molecule has 17 heavy (non-hydrogen) atoms. The molecule has 2 aromatic heterocycles. The van der Waals surface area contributed by atoms with Crippen LogP contribution in [0.4, 0.5) is 0 Å². The van der Waals surface area contributed by atoms with Gasteiger partial charge in [0.2, 0.25) is 5.88 Å². The molecule has 0 spiro atoms. The maximum Gasteiger partial charge on any atom is 0.215 e. The van der Waals surface area contributed by atoms with E-state index in [1.54, 1.807) is 0 Å². The van der Waals surface area contributed by atoms with Crippen molar-refractivity contribution in [3.8, 4) is 5.88 Å². The van der Waals surface area contributed by atoms with Crippen LogP contribution in [-0.2, 0) is 5.41 Å². The number of nitrogens with two attached hydrogens (primary N) is 1. The number of fused-ring (bicyclic) bond motifs is 1. The summed E-state index contributed by atoms with van der Waals surface area (Å²) >= 11 is 0. The Hall–Kier alpha value is -1.62. The Labute approximate surface area is 100 Å². The Bertz CT molecular complexity index is 518. The van der Waals surface area contributed by atoms with Gasteiger partial charge in [-0.15, -0.1) is 0 Å². The fourth-order valence-electron chi connectivity index (χ4n) is 1.52. The summed E-state index contributed by atoms with van der Waals surface area (Å²) in [5, 5.41) is 0. The third-order valence-corrected chi connectivity index (χ3v) is 2.76. The zero-order valence-electron chi connectivity index (χ0n) is 10.4. The molecule has 0 saturated heterocycles. The molecule has 0 saturated carbocycles. The molecule has 0 aliphatic heterocycles. The zero-order chi connectivity index (χ0) is 12.5. The second-order valence-electron chi connectivity index (χ2n) is 4.63. The van der Waals surface area contributed by atoms with Gasteiger partial charge in [-0.1, -0.05) is 13.8 Å². The molecular weight excluding hydrogens is 216 g/mol. The molecule has 0 radical (unpaired) electrons. The first-order valence-electron chi connectivity index (χ1n) is 5.77. The molecule has 2 aromatic rings. The number of rotatable bonds is 4. The van der Waals surface area contributed by atoms with Crippen molar-refractivity contribution in [2.24, 2.45) is 5.73 Å². The second-order valence-corrected chi connectivity index (χ2v) is 4.63. The van der Waals surface area contributed by atoms with Crippen LogP contribution in [0.2, 0.25) is 0 Å². The SMILES string of the molecule is CCOc1ccc2[nH]c(C(C)(C)CN)nc2n1. The number of nitrogens with one attached hydrogen (secondary N) is 1. The van der Waals surface area contributed by atoms with E-state index in [9.17, 15) is 0 Å². The van der Waals surface area contributed by atoms with Gasteiger partial charge in [-0.2, -0.15) is 4.98 Å². The molecule has 2 rings (SSSR count). The number of pyridine rings is 1. The van der Waals surface area contributed by atoms with Crippen LogP contribution in [0.15, 0.2) is 12.1 Å². The van der Waals surface area contributed by atoms with Crippen molar-refractivity contribution in [1.29, 1.82) is 0 Å². The molecule has 0 aliphatic rings. The standard InChI is InChI=1S/C12H18N4O/c1-4-17-9-6-5-8-10(15-9)16-11(14-8)12(2,3)7-13/h5-6H,4,7,13H2,1-3H3,(H,14,15,16). The highest BCUT2D eigenvalue weighted by Gasteiger charge is 2.23. The third kappa shape index (κ3) is 2.24. The Morgan fingerprint density at radius 2 is 2.12 bits per heavy atom. The van der Waals surface area contributed by atoms with Crippen molar-refractivity contribution in [2.45, 2.75) is 26.2 Å². The lowest BCUT2D eigenvalue weighted by molar-refractivity contribution is 0.328. The molecule has 92 valence electrons. The molecule has 3 N–H and O–H groups in total. The Morgan fingerprint density at radius 3 is 2.76 bits per heavy atom. The highest BCUT2D eigenvalue weighted by atomic mass is 16.5. The van der Waals surface area contributed by atoms with E-state index in [0.717, 1.165) is 11.3 Å². The number of hydrogen-bond donors (Lipinski definition) is 2. The van der Waals surface area contributed by atoms with Gasteiger partial charge in [0.1, 0.15) is 5.82 Å². The normalized spacial score (nSPS) is 12.0. The lowest BCUT2D eigenvalue weighted by Gasteiger charge is -2.18. The van der Waals surface area contributed by atoms with Gasteiger partial charge in [0.15, 0.2) is 5.65 Å². The van der Waals surface area contributed by atoms with Crippen molar-refractivity contribution in [1.82, 2.24) is 15.0 Å². The van der Waals surface area contributed by atoms with E-state index < -0.39 is 0 Å². The van der Waals surface area contributed by atoms with E-state index in [1.165, 1.54) is 0 Å². The van der Waals surface area contributed by atoms with Crippen molar-refractivity contribution in [3.05, 3.63) is 18.0 Å². The largest absolute Gasteiger partial charge is 0.478 e. The van der Waals surface area contributed by atoms with E-state index in [0.29, 0.717) is 24.7 Å². The van der Waals surface area contributed by atoms with Crippen LogP contribution < -0.4 is 10.5 Å². The summed E-state index contributed by atoms with van der Waals surface area (Å²) < 4.78 is 5.35. The average Bonchev–Trinajstić information content (AvgIpc) is 2.73. The van der Waals surface area contributed by atoms with Crippen LogP contribution in [-0.4, -0.2) is 28.1 Å². The molecule has 5 nitrogen and oxygen atoms in total. The highest BCUT2D eigenvalue weighted by molar-refractivity contribution is 5.71. The maximum atomic E-state index is 5.73. The van der Waals surface area contributed by atoms with E-state index in [4.69, 9.17) is 10.5 Å². The number of H-pyrrole nitrogens is 1. The molecule has 0 aliphatic carbocycles. The zero-order valence-corrected chi connectivity index (χ0v) is 10.4. The minimum atomic E-state index is -0.174. The van der Waals surface area contributed by atoms with Crippen LogP contribution in [0.1, 0.15) is 26.6 Å². The number of ether oxygens (including phenoxy) is 1. The summed E-state index contributed by atoms with van der Waals surface area (Å²) in [6.45, 7) is 7.16. The molecule has 0 fully saturated rings. The molecule has 2 heterocycles. The Kier molecular flexibility index (Phi) is 3.02. The minimum absolute atomic E-state index is 0.174. The molecule has 0 amide bonds. The summed E-state index contributed by atoms with van der Waals surface area (Å²) in [4.78, 5) is 12.0. The van der Waals surface area contributed by atoms with Gasteiger partial charge in [-0.25, -0.2) is 4.98 Å². The summed E-state index contributed by atoms with van der Waals surface area (Å²) in [6, 6.07) is 3.76. The minimum Gasteiger partial charge on any atom is -0.478 e. The smallest absolute Gasteiger partial charge is 0.215 e. The van der Waals surface area contributed by atoms with Crippen LogP contribution in [0.5, 0.6) is 5.88 Å². The molecule has 0 atom stereocenters. The maximum absolute atomic E-state index is 5.73. The van der Waals surface area contributed by atoms with Crippen molar-refractivity contribution < 1.29 is 4.74 Å². The first kappa shape index (κ1) is 11.9. The van der Waals surface area contributed by atoms with Gasteiger partial charge in [-0.05, 0) is 13.0 Å². The van der Waals surface area contributed by atoms with Crippen molar-refractivity contribution in [3.63, 3.8) is 0 Å². The second kappa shape index (κ2) is 4.33. The van der Waals surface area contributed by atoms with Gasteiger partial charge in [0.05, 0.1) is 12.1 Å². The van der Waals surface area contributed by atoms with E-state index in [2.05, 4.69) is 15.0 Å². The van der Waals surface area contributed by atoms with Crippen molar-refractivity contribution in [2.75, 3.05) is 13.2 Å². The first-order valence-corrected chi connectivity index (χ1v) is 5.77. The Balaban J connectivity index is 2.43. The molecule has 0 bridgehead atoms. The van der Waals surface area contributed by atoms with Gasteiger partial charge >= 0.3 is 0 Å².